The predicted octanol–water partition coefficient (Wildman–Crippen LogP) is 5.56. The standard InChI is InChI=1S/C32H49N3O5S2/c1-8-30(6)15-24(31(7)20(4)11-13-32(21(5)28(30)39)14-12-23(36)27(31)32)40-26(38)19-41-17-22-18-42-29(33-22)34-25(37)16-35(9-2)10-3/h8,18,20-21,24,27-28,39H,1,9-17,19H2,2-7H3,(H,33,34,37)/t20-,21+,24-,27+,28+,30-,31+,32+/m1/s1. The van der Waals surface area contributed by atoms with Crippen LogP contribution in [-0.2, 0) is 24.9 Å². The zero-order valence-electron chi connectivity index (χ0n) is 26.1. The number of nitrogens with zero attached hydrogens (tertiary/aromatic N) is 2. The zero-order chi connectivity index (χ0) is 30.9. The van der Waals surface area contributed by atoms with Crippen LogP contribution in [0.5, 0.6) is 0 Å². The van der Waals surface area contributed by atoms with Gasteiger partial charge in [-0.25, -0.2) is 4.98 Å². The Morgan fingerprint density at radius 1 is 1.29 bits per heavy atom. The van der Waals surface area contributed by atoms with Crippen molar-refractivity contribution in [3.63, 3.8) is 0 Å². The van der Waals surface area contributed by atoms with Crippen molar-refractivity contribution >= 4 is 45.9 Å². The third-order valence-electron chi connectivity index (χ3n) is 11.1. The molecule has 3 aliphatic carbocycles. The molecule has 4 rings (SSSR count). The van der Waals surface area contributed by atoms with Crippen molar-refractivity contribution < 1.29 is 24.2 Å². The van der Waals surface area contributed by atoms with Crippen molar-refractivity contribution in [3.8, 4) is 0 Å². The SMILES string of the molecule is C=C[C@]1(C)C[C@@H](OC(=O)CSCc2csc(NC(=O)CN(CC)CC)n2)[C@]2(C)[C@H](C)CC[C@]3(CCC(=O)[C@H]32)[C@@H](C)[C@@H]1O. The van der Waals surface area contributed by atoms with Crippen molar-refractivity contribution in [3.05, 3.63) is 23.7 Å². The molecule has 0 unspecified atom stereocenters. The van der Waals surface area contributed by atoms with Gasteiger partial charge in [-0.3, -0.25) is 19.3 Å². The highest BCUT2D eigenvalue weighted by Gasteiger charge is 2.68. The minimum atomic E-state index is -0.677. The molecule has 8 atom stereocenters. The number of thiazole rings is 1. The van der Waals surface area contributed by atoms with E-state index in [1.807, 2.05) is 37.1 Å². The quantitative estimate of drug-likeness (QED) is 0.245. The van der Waals surface area contributed by atoms with Crippen molar-refractivity contribution in [2.45, 2.75) is 91.6 Å². The van der Waals surface area contributed by atoms with Crippen LogP contribution >= 0.6 is 23.1 Å². The van der Waals surface area contributed by atoms with Crippen LogP contribution in [0.4, 0.5) is 5.13 Å². The lowest BCUT2D eigenvalue weighted by molar-refractivity contribution is -0.205. The fourth-order valence-electron chi connectivity index (χ4n) is 8.17. The molecule has 0 radical (unpaired) electrons. The number of carbonyl (C=O) groups is 3. The average molecular weight is 620 g/mol. The number of nitrogens with one attached hydrogen (secondary N) is 1. The Morgan fingerprint density at radius 2 is 2.00 bits per heavy atom. The van der Waals surface area contributed by atoms with Gasteiger partial charge in [-0.05, 0) is 56.0 Å². The Labute approximate surface area is 259 Å². The van der Waals surface area contributed by atoms with Gasteiger partial charge in [0, 0.05) is 34.3 Å². The van der Waals surface area contributed by atoms with Crippen LogP contribution in [0.2, 0.25) is 0 Å². The molecule has 2 bridgehead atoms. The van der Waals surface area contributed by atoms with Gasteiger partial charge in [0.25, 0.3) is 0 Å². The highest BCUT2D eigenvalue weighted by molar-refractivity contribution is 7.99. The second kappa shape index (κ2) is 13.1. The highest BCUT2D eigenvalue weighted by atomic mass is 32.2. The number of Topliss-reactive ketones (excluding diaryl/α,β-unsaturated/α-hetero) is 1. The molecule has 10 heteroatoms. The first-order valence-electron chi connectivity index (χ1n) is 15.4. The molecule has 1 amide bonds. The summed E-state index contributed by atoms with van der Waals surface area (Å²) < 4.78 is 6.32. The van der Waals surface area contributed by atoms with Crippen molar-refractivity contribution in [1.82, 2.24) is 9.88 Å². The van der Waals surface area contributed by atoms with Gasteiger partial charge in [0.05, 0.1) is 24.1 Å². The Balaban J connectivity index is 1.44. The number of amides is 1. The first-order valence-corrected chi connectivity index (χ1v) is 17.5. The molecular weight excluding hydrogens is 571 g/mol. The van der Waals surface area contributed by atoms with Gasteiger partial charge >= 0.3 is 5.97 Å². The van der Waals surface area contributed by atoms with Gasteiger partial charge in [0.2, 0.25) is 5.91 Å². The fourth-order valence-corrected chi connectivity index (χ4v) is 9.70. The van der Waals surface area contributed by atoms with E-state index in [1.54, 1.807) is 0 Å². The molecule has 3 saturated carbocycles. The molecule has 42 heavy (non-hydrogen) atoms. The molecule has 1 aromatic heterocycles. The average Bonchev–Trinajstić information content (AvgIpc) is 3.56. The highest BCUT2D eigenvalue weighted by Crippen LogP contribution is 2.68. The Morgan fingerprint density at radius 3 is 2.67 bits per heavy atom. The number of rotatable bonds is 11. The van der Waals surface area contributed by atoms with Crippen molar-refractivity contribution in [1.29, 1.82) is 0 Å². The monoisotopic (exact) mass is 619 g/mol. The molecule has 3 aliphatic rings. The fraction of sp³-hybridized carbons (Fsp3) is 0.750. The predicted molar refractivity (Wildman–Crippen MR) is 169 cm³/mol. The molecule has 0 aliphatic heterocycles. The minimum absolute atomic E-state index is 0.0546. The molecule has 0 spiro atoms. The smallest absolute Gasteiger partial charge is 0.316 e. The number of esters is 1. The number of hydrogen-bond acceptors (Lipinski definition) is 9. The van der Waals surface area contributed by atoms with E-state index in [2.05, 4.69) is 37.7 Å². The zero-order valence-corrected chi connectivity index (χ0v) is 27.7. The van der Waals surface area contributed by atoms with E-state index < -0.39 is 23.0 Å². The van der Waals surface area contributed by atoms with Crippen molar-refractivity contribution in [2.24, 2.45) is 34.0 Å². The summed E-state index contributed by atoms with van der Waals surface area (Å²) in [6.45, 7) is 18.5. The number of hydrogen-bond donors (Lipinski definition) is 2. The molecule has 2 N–H and O–H groups in total. The number of anilines is 1. The summed E-state index contributed by atoms with van der Waals surface area (Å²) >= 11 is 2.80. The molecule has 8 nitrogen and oxygen atoms in total. The van der Waals surface area contributed by atoms with Gasteiger partial charge in [-0.2, -0.15) is 0 Å². The number of ketones is 1. The Kier molecular flexibility index (Phi) is 10.3. The first kappa shape index (κ1) is 33.1. The molecule has 3 fully saturated rings. The number of aliphatic hydroxyl groups excluding tert-OH is 1. The number of carbonyl (C=O) groups excluding carboxylic acids is 3. The number of aliphatic hydroxyl groups is 1. The summed E-state index contributed by atoms with van der Waals surface area (Å²) in [7, 11) is 0. The van der Waals surface area contributed by atoms with Crippen LogP contribution in [0, 0.1) is 34.0 Å². The lowest BCUT2D eigenvalue weighted by Gasteiger charge is -2.61. The van der Waals surface area contributed by atoms with Crippen LogP contribution in [-0.4, -0.2) is 70.2 Å². The molecule has 234 valence electrons. The lowest BCUT2D eigenvalue weighted by Crippen LogP contribution is -2.63. The van der Waals surface area contributed by atoms with Crippen LogP contribution < -0.4 is 5.32 Å². The molecule has 1 aromatic rings. The minimum Gasteiger partial charge on any atom is -0.461 e. The second-order valence-electron chi connectivity index (χ2n) is 13.2. The third-order valence-corrected chi connectivity index (χ3v) is 12.9. The molecule has 1 heterocycles. The van der Waals surface area contributed by atoms with Crippen LogP contribution in [0.25, 0.3) is 0 Å². The van der Waals surface area contributed by atoms with Crippen LogP contribution in [0.15, 0.2) is 18.0 Å². The first-order chi connectivity index (χ1) is 19.8. The third kappa shape index (κ3) is 6.10. The number of likely N-dealkylation sites (N-methyl/N-ethyl adjacent to an activating group) is 1. The summed E-state index contributed by atoms with van der Waals surface area (Å²) in [6, 6.07) is 0. The molecular formula is C32H49N3O5S2. The van der Waals surface area contributed by atoms with Gasteiger partial charge in [-0.15, -0.1) is 29.7 Å². The van der Waals surface area contributed by atoms with E-state index in [4.69, 9.17) is 4.74 Å². The van der Waals surface area contributed by atoms with E-state index in [0.29, 0.717) is 30.3 Å². The van der Waals surface area contributed by atoms with Crippen molar-refractivity contribution in [2.75, 3.05) is 30.7 Å². The topological polar surface area (TPSA) is 109 Å². The normalized spacial score (nSPS) is 36.2. The summed E-state index contributed by atoms with van der Waals surface area (Å²) in [5, 5.41) is 17.0. The van der Waals surface area contributed by atoms with Crippen LogP contribution in [0.3, 0.4) is 0 Å². The number of thioether (sulfide) groups is 1. The molecule has 0 saturated heterocycles. The number of ether oxygens (including phenoxy) is 1. The van der Waals surface area contributed by atoms with Gasteiger partial charge < -0.3 is 15.2 Å². The number of aromatic nitrogens is 1. The second-order valence-corrected chi connectivity index (χ2v) is 15.1. The van der Waals surface area contributed by atoms with Gasteiger partial charge in [0.1, 0.15) is 11.9 Å². The Bertz CT molecular complexity index is 1170. The molecule has 0 aromatic carbocycles. The largest absolute Gasteiger partial charge is 0.461 e. The lowest BCUT2D eigenvalue weighted by atomic mass is 9.44. The summed E-state index contributed by atoms with van der Waals surface area (Å²) in [4.78, 5) is 45.8. The Hall–Kier alpha value is -1.75. The summed E-state index contributed by atoms with van der Waals surface area (Å²) in [5.74, 6) is 0.420. The van der Waals surface area contributed by atoms with E-state index in [-0.39, 0.29) is 46.6 Å². The maximum absolute atomic E-state index is 13.5. The summed E-state index contributed by atoms with van der Waals surface area (Å²) in [6.07, 6.45) is 4.23. The van der Waals surface area contributed by atoms with E-state index in [1.165, 1.54) is 23.1 Å². The van der Waals surface area contributed by atoms with Gasteiger partial charge in [-0.1, -0.05) is 47.6 Å². The van der Waals surface area contributed by atoms with Crippen LogP contribution in [0.1, 0.15) is 79.3 Å². The van der Waals surface area contributed by atoms with E-state index in [0.717, 1.165) is 38.0 Å². The maximum Gasteiger partial charge on any atom is 0.316 e. The van der Waals surface area contributed by atoms with Gasteiger partial charge in [0.15, 0.2) is 5.13 Å². The van der Waals surface area contributed by atoms with E-state index >= 15 is 0 Å². The van der Waals surface area contributed by atoms with E-state index in [9.17, 15) is 19.5 Å². The maximum atomic E-state index is 13.5. The summed E-state index contributed by atoms with van der Waals surface area (Å²) in [5.41, 5.74) is -0.651.